The largest absolute Gasteiger partial charge is 0.382 e. The van der Waals surface area contributed by atoms with Crippen molar-refractivity contribution < 1.29 is 9.47 Å². The molecule has 26 heavy (non-hydrogen) atoms. The first-order valence-electron chi connectivity index (χ1n) is 9.85. The monoisotopic (exact) mass is 484 g/mol. The Kier molecular flexibility index (Phi) is 14.8. The lowest BCUT2D eigenvalue weighted by Crippen LogP contribution is -2.42. The van der Waals surface area contributed by atoms with Crippen LogP contribution in [-0.4, -0.2) is 87.5 Å². The van der Waals surface area contributed by atoms with E-state index in [2.05, 4.69) is 49.7 Å². The van der Waals surface area contributed by atoms with E-state index in [9.17, 15) is 0 Å². The zero-order valence-corrected chi connectivity index (χ0v) is 20.0. The van der Waals surface area contributed by atoms with Crippen molar-refractivity contribution >= 4 is 29.9 Å². The van der Waals surface area contributed by atoms with Gasteiger partial charge in [0.2, 0.25) is 0 Å². The van der Waals surface area contributed by atoms with Crippen molar-refractivity contribution in [3.63, 3.8) is 0 Å². The van der Waals surface area contributed by atoms with Gasteiger partial charge in [0.05, 0.1) is 26.4 Å². The average molecular weight is 484 g/mol. The zero-order chi connectivity index (χ0) is 18.7. The molecule has 1 N–H and O–H groups in total. The third kappa shape index (κ3) is 9.71. The lowest BCUT2D eigenvalue weighted by molar-refractivity contribution is 0.0536. The van der Waals surface area contributed by atoms with E-state index in [4.69, 9.17) is 14.5 Å². The summed E-state index contributed by atoms with van der Waals surface area (Å²) in [7, 11) is 1.71. The molecule has 7 heteroatoms. The van der Waals surface area contributed by atoms with E-state index in [1.54, 1.807) is 7.11 Å². The van der Waals surface area contributed by atoms with Gasteiger partial charge >= 0.3 is 0 Å². The maximum absolute atomic E-state index is 5.69. The number of ether oxygens (including phenoxy) is 2. The number of rotatable bonds is 11. The summed E-state index contributed by atoms with van der Waals surface area (Å²) in [5, 5.41) is 3.45. The molecule has 1 aliphatic rings. The molecule has 0 aliphatic carbocycles. The van der Waals surface area contributed by atoms with E-state index >= 15 is 0 Å². The number of hydrogen-bond acceptors (Lipinski definition) is 4. The topological polar surface area (TPSA) is 49.3 Å². The molecule has 0 spiro atoms. The number of methoxy groups -OCH3 is 1. The third-order valence-corrected chi connectivity index (χ3v) is 4.65. The number of likely N-dealkylation sites (tertiary alicyclic amines) is 1. The van der Waals surface area contributed by atoms with Gasteiger partial charge in [-0.1, -0.05) is 0 Å². The van der Waals surface area contributed by atoms with E-state index in [1.165, 1.54) is 6.42 Å². The van der Waals surface area contributed by atoms with Crippen LogP contribution >= 0.6 is 24.0 Å². The van der Waals surface area contributed by atoms with Crippen LogP contribution in [0.1, 0.15) is 41.0 Å². The molecule has 0 saturated carbocycles. The molecule has 0 aromatic rings. The van der Waals surface area contributed by atoms with E-state index in [1.807, 2.05) is 0 Å². The molecule has 0 radical (unpaired) electrons. The fourth-order valence-corrected chi connectivity index (χ4v) is 3.36. The predicted octanol–water partition coefficient (Wildman–Crippen LogP) is 2.67. The maximum Gasteiger partial charge on any atom is 0.193 e. The highest BCUT2D eigenvalue weighted by Gasteiger charge is 2.25. The third-order valence-electron chi connectivity index (χ3n) is 4.65. The summed E-state index contributed by atoms with van der Waals surface area (Å²) in [4.78, 5) is 9.74. The van der Waals surface area contributed by atoms with Crippen LogP contribution in [0.25, 0.3) is 0 Å². The molecule has 0 bridgehead atoms. The van der Waals surface area contributed by atoms with Crippen molar-refractivity contribution in [3.05, 3.63) is 0 Å². The van der Waals surface area contributed by atoms with Crippen molar-refractivity contribution in [2.75, 3.05) is 59.7 Å². The van der Waals surface area contributed by atoms with Crippen LogP contribution in [-0.2, 0) is 9.47 Å². The van der Waals surface area contributed by atoms with Gasteiger partial charge in [0, 0.05) is 51.3 Å². The summed E-state index contributed by atoms with van der Waals surface area (Å²) in [6.45, 7) is 18.1. The van der Waals surface area contributed by atoms with Gasteiger partial charge in [-0.3, -0.25) is 9.89 Å². The molecular formula is C19H41IN4O2. The average Bonchev–Trinajstić information content (AvgIpc) is 3.02. The van der Waals surface area contributed by atoms with Gasteiger partial charge in [-0.15, -0.1) is 24.0 Å². The summed E-state index contributed by atoms with van der Waals surface area (Å²) >= 11 is 0. The van der Waals surface area contributed by atoms with E-state index < -0.39 is 0 Å². The summed E-state index contributed by atoms with van der Waals surface area (Å²) in [6.07, 6.45) is 1.17. The van der Waals surface area contributed by atoms with Gasteiger partial charge < -0.3 is 19.7 Å². The van der Waals surface area contributed by atoms with Gasteiger partial charge in [-0.25, -0.2) is 0 Å². The number of guanidine groups is 1. The Labute approximate surface area is 178 Å². The molecule has 1 saturated heterocycles. The molecule has 0 aromatic heterocycles. The Bertz CT molecular complexity index is 373. The minimum absolute atomic E-state index is 0. The van der Waals surface area contributed by atoms with Gasteiger partial charge in [-0.05, 0) is 41.0 Å². The van der Waals surface area contributed by atoms with Crippen molar-refractivity contribution in [3.8, 4) is 0 Å². The minimum atomic E-state index is 0. The SMILES string of the molecule is CCNC(=NCCN(C(C)C)C(C)C)N1CCC(COCCOC)C1.I. The molecular weight excluding hydrogens is 443 g/mol. The normalized spacial score (nSPS) is 18.1. The van der Waals surface area contributed by atoms with Gasteiger partial charge in [0.1, 0.15) is 0 Å². The second-order valence-corrected chi connectivity index (χ2v) is 7.33. The molecule has 0 aromatic carbocycles. The zero-order valence-electron chi connectivity index (χ0n) is 17.7. The first-order chi connectivity index (χ1) is 12.0. The highest BCUT2D eigenvalue weighted by atomic mass is 127. The predicted molar refractivity (Wildman–Crippen MR) is 121 cm³/mol. The van der Waals surface area contributed by atoms with Crippen LogP contribution in [0.3, 0.4) is 0 Å². The number of halogens is 1. The summed E-state index contributed by atoms with van der Waals surface area (Å²) < 4.78 is 10.7. The molecule has 1 heterocycles. The second kappa shape index (κ2) is 14.9. The van der Waals surface area contributed by atoms with Crippen molar-refractivity contribution in [1.29, 1.82) is 0 Å². The van der Waals surface area contributed by atoms with E-state index in [-0.39, 0.29) is 24.0 Å². The van der Waals surface area contributed by atoms with Crippen LogP contribution in [0.4, 0.5) is 0 Å². The number of nitrogens with zero attached hydrogens (tertiary/aromatic N) is 3. The quantitative estimate of drug-likeness (QED) is 0.212. The minimum Gasteiger partial charge on any atom is -0.382 e. The van der Waals surface area contributed by atoms with Crippen LogP contribution in [0.15, 0.2) is 4.99 Å². The fourth-order valence-electron chi connectivity index (χ4n) is 3.36. The van der Waals surface area contributed by atoms with E-state index in [0.29, 0.717) is 31.2 Å². The first kappa shape index (κ1) is 25.9. The molecule has 1 fully saturated rings. The summed E-state index contributed by atoms with van der Waals surface area (Å²) in [6, 6.07) is 1.11. The molecule has 1 atom stereocenters. The van der Waals surface area contributed by atoms with Gasteiger partial charge in [-0.2, -0.15) is 0 Å². The lowest BCUT2D eigenvalue weighted by Gasteiger charge is -2.30. The fraction of sp³-hybridized carbons (Fsp3) is 0.947. The number of nitrogens with one attached hydrogen (secondary N) is 1. The number of aliphatic imine (C=N–C) groups is 1. The highest BCUT2D eigenvalue weighted by molar-refractivity contribution is 14.0. The Hall–Kier alpha value is -0.120. The van der Waals surface area contributed by atoms with Crippen LogP contribution in [0, 0.1) is 5.92 Å². The van der Waals surface area contributed by atoms with Crippen LogP contribution in [0.2, 0.25) is 0 Å². The van der Waals surface area contributed by atoms with Crippen molar-refractivity contribution in [1.82, 2.24) is 15.1 Å². The lowest BCUT2D eigenvalue weighted by atomic mass is 10.1. The smallest absolute Gasteiger partial charge is 0.193 e. The molecule has 0 amide bonds. The van der Waals surface area contributed by atoms with Gasteiger partial charge in [0.15, 0.2) is 5.96 Å². The van der Waals surface area contributed by atoms with Gasteiger partial charge in [0.25, 0.3) is 0 Å². The summed E-state index contributed by atoms with van der Waals surface area (Å²) in [5.74, 6) is 1.64. The first-order valence-corrected chi connectivity index (χ1v) is 9.85. The Morgan fingerprint density at radius 1 is 1.23 bits per heavy atom. The molecule has 1 aliphatic heterocycles. The second-order valence-electron chi connectivity index (χ2n) is 7.33. The number of hydrogen-bond donors (Lipinski definition) is 1. The van der Waals surface area contributed by atoms with Crippen LogP contribution in [0.5, 0.6) is 0 Å². The highest BCUT2D eigenvalue weighted by Crippen LogP contribution is 2.16. The van der Waals surface area contributed by atoms with Crippen molar-refractivity contribution in [2.45, 2.75) is 53.1 Å². The molecule has 6 nitrogen and oxygen atoms in total. The Morgan fingerprint density at radius 3 is 2.50 bits per heavy atom. The Morgan fingerprint density at radius 2 is 1.92 bits per heavy atom. The van der Waals surface area contributed by atoms with E-state index in [0.717, 1.165) is 45.3 Å². The molecule has 156 valence electrons. The summed E-state index contributed by atoms with van der Waals surface area (Å²) in [5.41, 5.74) is 0. The Balaban J connectivity index is 0.00000625. The maximum atomic E-state index is 5.69. The molecule has 1 rings (SSSR count). The molecule has 1 unspecified atom stereocenters. The van der Waals surface area contributed by atoms with Crippen LogP contribution < -0.4 is 5.32 Å². The van der Waals surface area contributed by atoms with Crippen molar-refractivity contribution in [2.24, 2.45) is 10.9 Å². The standard InChI is InChI=1S/C19H40N4O2.HI/c1-7-20-19(21-9-11-23(16(2)3)17(4)5)22-10-8-18(14-22)15-25-13-12-24-6;/h16-18H,7-15H2,1-6H3,(H,20,21);1H.